The van der Waals surface area contributed by atoms with Gasteiger partial charge in [-0.3, -0.25) is 4.79 Å². The lowest BCUT2D eigenvalue weighted by atomic mass is 9.92. The summed E-state index contributed by atoms with van der Waals surface area (Å²) in [5.41, 5.74) is 5.40. The fraction of sp³-hybridized carbons (Fsp3) is 0.583. The van der Waals surface area contributed by atoms with E-state index in [0.29, 0.717) is 31.7 Å². The third kappa shape index (κ3) is 4.18. The molecular weight excluding hydrogens is 230 g/mol. The van der Waals surface area contributed by atoms with Gasteiger partial charge in [-0.2, -0.15) is 10.4 Å². The topological polar surface area (TPSA) is 96.7 Å². The van der Waals surface area contributed by atoms with E-state index < -0.39 is 5.41 Å². The van der Waals surface area contributed by atoms with Crippen molar-refractivity contribution in [2.24, 2.45) is 11.1 Å². The number of aryl methyl sites for hydroxylation is 1. The summed E-state index contributed by atoms with van der Waals surface area (Å²) in [6, 6.07) is 3.69. The predicted octanol–water partition coefficient (Wildman–Crippen LogP) is 0.554. The van der Waals surface area contributed by atoms with Crippen molar-refractivity contribution in [1.29, 1.82) is 5.26 Å². The van der Waals surface area contributed by atoms with Crippen molar-refractivity contribution < 1.29 is 0 Å². The average molecular weight is 249 g/mol. The number of nitriles is 1. The highest BCUT2D eigenvalue weighted by Crippen LogP contribution is 2.18. The normalized spacial score (nSPS) is 11.0. The molecule has 98 valence electrons. The third-order valence-corrected chi connectivity index (χ3v) is 2.59. The molecule has 0 unspecified atom stereocenters. The van der Waals surface area contributed by atoms with E-state index in [0.717, 1.165) is 0 Å². The molecule has 0 aliphatic rings. The second-order valence-corrected chi connectivity index (χ2v) is 4.77. The van der Waals surface area contributed by atoms with Gasteiger partial charge >= 0.3 is 0 Å². The number of hydrogen-bond donors (Lipinski definition) is 2. The SMILES string of the molecule is CC(C)(C#N)CCn1ncc(NCCN)cc1=O. The summed E-state index contributed by atoms with van der Waals surface area (Å²) >= 11 is 0. The Hall–Kier alpha value is -1.87. The molecule has 0 radical (unpaired) electrons. The Bertz CT molecular complexity index is 486. The fourth-order valence-electron chi connectivity index (χ4n) is 1.36. The van der Waals surface area contributed by atoms with Crippen molar-refractivity contribution >= 4 is 5.69 Å². The van der Waals surface area contributed by atoms with Crippen LogP contribution in [-0.4, -0.2) is 22.9 Å². The molecule has 6 heteroatoms. The molecule has 0 amide bonds. The van der Waals surface area contributed by atoms with Gasteiger partial charge in [0.25, 0.3) is 5.56 Å². The molecule has 1 aromatic rings. The maximum atomic E-state index is 11.8. The van der Waals surface area contributed by atoms with E-state index in [9.17, 15) is 4.79 Å². The van der Waals surface area contributed by atoms with Crippen LogP contribution in [0.2, 0.25) is 0 Å². The molecule has 6 nitrogen and oxygen atoms in total. The highest BCUT2D eigenvalue weighted by Gasteiger charge is 2.16. The molecule has 1 rings (SSSR count). The molecule has 0 fully saturated rings. The molecule has 0 atom stereocenters. The summed E-state index contributed by atoms with van der Waals surface area (Å²) in [5, 5.41) is 16.0. The molecule has 0 aliphatic carbocycles. The van der Waals surface area contributed by atoms with E-state index in [4.69, 9.17) is 11.0 Å². The first-order valence-electron chi connectivity index (χ1n) is 5.91. The van der Waals surface area contributed by atoms with Crippen LogP contribution in [0.5, 0.6) is 0 Å². The Morgan fingerprint density at radius 1 is 1.61 bits per heavy atom. The summed E-state index contributed by atoms with van der Waals surface area (Å²) in [6.45, 7) is 5.23. The van der Waals surface area contributed by atoms with Gasteiger partial charge in [0.15, 0.2) is 0 Å². The third-order valence-electron chi connectivity index (χ3n) is 2.59. The Morgan fingerprint density at radius 2 is 2.33 bits per heavy atom. The second kappa shape index (κ2) is 6.17. The van der Waals surface area contributed by atoms with Crippen molar-refractivity contribution in [3.05, 3.63) is 22.6 Å². The van der Waals surface area contributed by atoms with Crippen LogP contribution in [0.15, 0.2) is 17.1 Å². The van der Waals surface area contributed by atoms with Gasteiger partial charge in [0, 0.05) is 25.7 Å². The number of nitrogens with zero attached hydrogens (tertiary/aromatic N) is 3. The molecule has 1 aromatic heterocycles. The number of hydrogen-bond acceptors (Lipinski definition) is 5. The van der Waals surface area contributed by atoms with E-state index in [1.54, 1.807) is 6.20 Å². The molecule has 0 saturated carbocycles. The van der Waals surface area contributed by atoms with Gasteiger partial charge in [0.1, 0.15) is 0 Å². The zero-order valence-corrected chi connectivity index (χ0v) is 10.8. The maximum absolute atomic E-state index is 11.8. The molecule has 18 heavy (non-hydrogen) atoms. The van der Waals surface area contributed by atoms with Gasteiger partial charge in [-0.05, 0) is 20.3 Å². The standard InChI is InChI=1S/C12H19N5O/c1-12(2,9-14)3-6-17-11(18)7-10(8-16-17)15-5-4-13/h7-8,15H,3-6,13H2,1-2H3. The summed E-state index contributed by atoms with van der Waals surface area (Å²) < 4.78 is 1.37. The van der Waals surface area contributed by atoms with Gasteiger partial charge in [-0.1, -0.05) is 0 Å². The molecule has 0 aromatic carbocycles. The largest absolute Gasteiger partial charge is 0.382 e. The van der Waals surface area contributed by atoms with Crippen molar-refractivity contribution in [3.8, 4) is 6.07 Å². The zero-order chi connectivity index (χ0) is 13.6. The number of aromatic nitrogens is 2. The van der Waals surface area contributed by atoms with Crippen molar-refractivity contribution in [1.82, 2.24) is 9.78 Å². The minimum atomic E-state index is -0.447. The molecule has 0 bridgehead atoms. The van der Waals surface area contributed by atoms with E-state index in [1.807, 2.05) is 13.8 Å². The minimum absolute atomic E-state index is 0.175. The van der Waals surface area contributed by atoms with Crippen LogP contribution in [0.1, 0.15) is 20.3 Å². The van der Waals surface area contributed by atoms with E-state index in [2.05, 4.69) is 16.5 Å². The van der Waals surface area contributed by atoms with Gasteiger partial charge in [0.05, 0.1) is 23.4 Å². The maximum Gasteiger partial charge on any atom is 0.268 e. The molecular formula is C12H19N5O. The summed E-state index contributed by atoms with van der Waals surface area (Å²) in [4.78, 5) is 11.8. The zero-order valence-electron chi connectivity index (χ0n) is 10.8. The monoisotopic (exact) mass is 249 g/mol. The minimum Gasteiger partial charge on any atom is -0.382 e. The Balaban J connectivity index is 2.69. The molecule has 0 saturated heterocycles. The van der Waals surface area contributed by atoms with Crippen LogP contribution < -0.4 is 16.6 Å². The Morgan fingerprint density at radius 3 is 2.89 bits per heavy atom. The van der Waals surface area contributed by atoms with Crippen LogP contribution in [0.3, 0.4) is 0 Å². The first-order chi connectivity index (χ1) is 8.48. The van der Waals surface area contributed by atoms with Crippen LogP contribution >= 0.6 is 0 Å². The summed E-state index contributed by atoms with van der Waals surface area (Å²) in [6.07, 6.45) is 2.18. The lowest BCUT2D eigenvalue weighted by Gasteiger charge is -2.15. The molecule has 0 spiro atoms. The predicted molar refractivity (Wildman–Crippen MR) is 70.1 cm³/mol. The summed E-state index contributed by atoms with van der Waals surface area (Å²) in [7, 11) is 0. The fourth-order valence-corrected chi connectivity index (χ4v) is 1.36. The van der Waals surface area contributed by atoms with E-state index in [1.165, 1.54) is 10.7 Å². The summed E-state index contributed by atoms with van der Waals surface area (Å²) in [5.74, 6) is 0. The number of nitrogens with one attached hydrogen (secondary N) is 1. The van der Waals surface area contributed by atoms with Gasteiger partial charge < -0.3 is 11.1 Å². The first kappa shape index (κ1) is 14.2. The molecule has 1 heterocycles. The van der Waals surface area contributed by atoms with E-state index >= 15 is 0 Å². The number of anilines is 1. The van der Waals surface area contributed by atoms with Crippen molar-refractivity contribution in [2.75, 3.05) is 18.4 Å². The van der Waals surface area contributed by atoms with Crippen molar-refractivity contribution in [3.63, 3.8) is 0 Å². The van der Waals surface area contributed by atoms with Crippen LogP contribution in [-0.2, 0) is 6.54 Å². The van der Waals surface area contributed by atoms with E-state index in [-0.39, 0.29) is 5.56 Å². The molecule has 0 aliphatic heterocycles. The Kier molecular flexibility index (Phi) is 4.86. The first-order valence-corrected chi connectivity index (χ1v) is 5.91. The number of nitrogens with two attached hydrogens (primary N) is 1. The average Bonchev–Trinajstić information content (AvgIpc) is 2.35. The highest BCUT2D eigenvalue weighted by atomic mass is 16.1. The van der Waals surface area contributed by atoms with Crippen molar-refractivity contribution in [2.45, 2.75) is 26.8 Å². The quantitative estimate of drug-likeness (QED) is 0.767. The highest BCUT2D eigenvalue weighted by molar-refractivity contribution is 5.38. The van der Waals surface area contributed by atoms with Crippen LogP contribution in [0, 0.1) is 16.7 Å². The van der Waals surface area contributed by atoms with Gasteiger partial charge in [0.2, 0.25) is 0 Å². The van der Waals surface area contributed by atoms with Gasteiger partial charge in [-0.25, -0.2) is 4.68 Å². The lowest BCUT2D eigenvalue weighted by Crippen LogP contribution is -2.25. The lowest BCUT2D eigenvalue weighted by molar-refractivity contribution is 0.391. The molecule has 3 N–H and O–H groups in total. The Labute approximate surface area is 106 Å². The number of rotatable bonds is 6. The smallest absolute Gasteiger partial charge is 0.268 e. The van der Waals surface area contributed by atoms with Crippen LogP contribution in [0.25, 0.3) is 0 Å². The second-order valence-electron chi connectivity index (χ2n) is 4.77. The van der Waals surface area contributed by atoms with Crippen LogP contribution in [0.4, 0.5) is 5.69 Å². The van der Waals surface area contributed by atoms with Gasteiger partial charge in [-0.15, -0.1) is 0 Å².